The van der Waals surface area contributed by atoms with E-state index in [1.54, 1.807) is 13.2 Å². The maximum absolute atomic E-state index is 11.5. The topological polar surface area (TPSA) is 44.8 Å². The fourth-order valence-corrected chi connectivity index (χ4v) is 2.09. The summed E-state index contributed by atoms with van der Waals surface area (Å²) in [6, 6.07) is 0. The van der Waals surface area contributed by atoms with Crippen molar-refractivity contribution in [1.29, 1.82) is 0 Å². The molecule has 0 aromatic carbocycles. The van der Waals surface area contributed by atoms with Crippen LogP contribution in [0.2, 0.25) is 0 Å². The molecule has 0 amide bonds. The number of rotatable bonds is 7. The largest absolute Gasteiger partial charge is 0.463 e. The lowest BCUT2D eigenvalue weighted by Crippen LogP contribution is -2.41. The van der Waals surface area contributed by atoms with Gasteiger partial charge in [0.05, 0.1) is 13.2 Å². The van der Waals surface area contributed by atoms with Gasteiger partial charge in [-0.2, -0.15) is 0 Å². The Bertz CT molecular complexity index is 307. The number of hydrogen-bond donors (Lipinski definition) is 0. The average molecular weight is 256 g/mol. The van der Waals surface area contributed by atoms with Crippen LogP contribution in [0.5, 0.6) is 0 Å². The molecule has 0 aliphatic heterocycles. The van der Waals surface area contributed by atoms with Gasteiger partial charge in [-0.25, -0.2) is 4.79 Å². The van der Waals surface area contributed by atoms with Crippen molar-refractivity contribution < 1.29 is 19.0 Å². The second kappa shape index (κ2) is 6.90. The number of ether oxygens (including phenoxy) is 3. The molecule has 18 heavy (non-hydrogen) atoms. The van der Waals surface area contributed by atoms with Crippen molar-refractivity contribution in [2.24, 2.45) is 11.3 Å². The van der Waals surface area contributed by atoms with E-state index in [1.165, 1.54) is 0 Å². The molecule has 0 aromatic rings. The van der Waals surface area contributed by atoms with Gasteiger partial charge in [0.1, 0.15) is 6.79 Å². The summed E-state index contributed by atoms with van der Waals surface area (Å²) < 4.78 is 15.3. The SMILES string of the molecule is CCCOC(=O)C=C1CC(COCOC)C1(C)C. The first-order chi connectivity index (χ1) is 8.52. The van der Waals surface area contributed by atoms with Crippen molar-refractivity contribution in [3.8, 4) is 0 Å². The van der Waals surface area contributed by atoms with E-state index in [2.05, 4.69) is 13.8 Å². The van der Waals surface area contributed by atoms with Gasteiger partial charge in [0.2, 0.25) is 0 Å². The van der Waals surface area contributed by atoms with Gasteiger partial charge in [-0.3, -0.25) is 0 Å². The Morgan fingerprint density at radius 2 is 2.22 bits per heavy atom. The minimum Gasteiger partial charge on any atom is -0.463 e. The van der Waals surface area contributed by atoms with E-state index in [4.69, 9.17) is 14.2 Å². The zero-order valence-electron chi connectivity index (χ0n) is 11.8. The lowest BCUT2D eigenvalue weighted by Gasteiger charge is -2.47. The molecule has 0 aromatic heterocycles. The van der Waals surface area contributed by atoms with E-state index in [1.807, 2.05) is 6.92 Å². The van der Waals surface area contributed by atoms with Crippen molar-refractivity contribution in [2.75, 3.05) is 27.1 Å². The molecule has 0 N–H and O–H groups in total. The molecule has 4 nitrogen and oxygen atoms in total. The third-order valence-corrected chi connectivity index (χ3v) is 3.58. The molecule has 1 saturated carbocycles. The standard InChI is InChI=1S/C14H24O4/c1-5-6-18-13(15)8-11-7-12(14(11,2)3)9-17-10-16-4/h8,12H,5-7,9-10H2,1-4H3. The van der Waals surface area contributed by atoms with Crippen molar-refractivity contribution in [2.45, 2.75) is 33.6 Å². The van der Waals surface area contributed by atoms with E-state index in [0.29, 0.717) is 25.9 Å². The van der Waals surface area contributed by atoms with Crippen LogP contribution in [-0.4, -0.2) is 33.1 Å². The van der Waals surface area contributed by atoms with E-state index in [9.17, 15) is 4.79 Å². The Morgan fingerprint density at radius 1 is 1.50 bits per heavy atom. The van der Waals surface area contributed by atoms with Crippen LogP contribution in [0.1, 0.15) is 33.6 Å². The molecule has 1 rings (SSSR count). The number of methoxy groups -OCH3 is 1. The second-order valence-corrected chi connectivity index (χ2v) is 5.24. The predicted octanol–water partition coefficient (Wildman–Crippen LogP) is 2.53. The summed E-state index contributed by atoms with van der Waals surface area (Å²) in [6.45, 7) is 7.74. The highest BCUT2D eigenvalue weighted by atomic mass is 16.7. The number of hydrogen-bond acceptors (Lipinski definition) is 4. The minimum atomic E-state index is -0.226. The molecule has 0 saturated heterocycles. The van der Waals surface area contributed by atoms with Crippen LogP contribution in [-0.2, 0) is 19.0 Å². The Kier molecular flexibility index (Phi) is 5.82. The van der Waals surface area contributed by atoms with Gasteiger partial charge in [0.15, 0.2) is 0 Å². The summed E-state index contributed by atoms with van der Waals surface area (Å²) in [4.78, 5) is 11.5. The van der Waals surface area contributed by atoms with Crippen LogP contribution in [0.4, 0.5) is 0 Å². The monoisotopic (exact) mass is 256 g/mol. The Morgan fingerprint density at radius 3 is 2.78 bits per heavy atom. The van der Waals surface area contributed by atoms with Gasteiger partial charge in [-0.05, 0) is 24.2 Å². The number of allylic oxidation sites excluding steroid dienone is 1. The Hall–Kier alpha value is -0.870. The van der Waals surface area contributed by atoms with Crippen LogP contribution >= 0.6 is 0 Å². The molecular weight excluding hydrogens is 232 g/mol. The lowest BCUT2D eigenvalue weighted by molar-refractivity contribution is -0.138. The highest BCUT2D eigenvalue weighted by molar-refractivity contribution is 5.83. The molecule has 0 heterocycles. The molecule has 1 fully saturated rings. The molecule has 0 bridgehead atoms. The maximum Gasteiger partial charge on any atom is 0.330 e. The maximum atomic E-state index is 11.5. The van der Waals surface area contributed by atoms with Crippen molar-refractivity contribution in [3.63, 3.8) is 0 Å². The van der Waals surface area contributed by atoms with Crippen molar-refractivity contribution in [3.05, 3.63) is 11.6 Å². The first-order valence-electron chi connectivity index (χ1n) is 6.46. The predicted molar refractivity (Wildman–Crippen MR) is 69.0 cm³/mol. The summed E-state index contributed by atoms with van der Waals surface area (Å²) in [6.07, 6.45) is 3.40. The summed E-state index contributed by atoms with van der Waals surface area (Å²) in [7, 11) is 1.61. The van der Waals surface area contributed by atoms with Crippen LogP contribution in [0.15, 0.2) is 11.6 Å². The highest BCUT2D eigenvalue weighted by Crippen LogP contribution is 2.50. The first-order valence-corrected chi connectivity index (χ1v) is 6.46. The second-order valence-electron chi connectivity index (χ2n) is 5.24. The van der Waals surface area contributed by atoms with Crippen LogP contribution in [0.25, 0.3) is 0 Å². The third kappa shape index (κ3) is 3.82. The van der Waals surface area contributed by atoms with Gasteiger partial charge >= 0.3 is 5.97 Å². The molecule has 1 aliphatic rings. The number of esters is 1. The van der Waals surface area contributed by atoms with Gasteiger partial charge in [0.25, 0.3) is 0 Å². The van der Waals surface area contributed by atoms with Crippen molar-refractivity contribution >= 4 is 5.97 Å². The van der Waals surface area contributed by atoms with E-state index in [-0.39, 0.29) is 11.4 Å². The molecule has 0 radical (unpaired) electrons. The molecule has 1 atom stereocenters. The van der Waals surface area contributed by atoms with Gasteiger partial charge in [-0.15, -0.1) is 0 Å². The summed E-state index contributed by atoms with van der Waals surface area (Å²) in [5.74, 6) is 0.217. The molecule has 4 heteroatoms. The van der Waals surface area contributed by atoms with Crippen LogP contribution < -0.4 is 0 Å². The van der Waals surface area contributed by atoms with Crippen LogP contribution in [0.3, 0.4) is 0 Å². The minimum absolute atomic E-state index is 0.0129. The van der Waals surface area contributed by atoms with Gasteiger partial charge in [-0.1, -0.05) is 26.3 Å². The summed E-state index contributed by atoms with van der Waals surface area (Å²) >= 11 is 0. The average Bonchev–Trinajstić information content (AvgIpc) is 2.34. The number of carbonyl (C=O) groups is 1. The molecule has 0 spiro atoms. The fraction of sp³-hybridized carbons (Fsp3) is 0.786. The fourth-order valence-electron chi connectivity index (χ4n) is 2.09. The highest BCUT2D eigenvalue weighted by Gasteiger charge is 2.43. The van der Waals surface area contributed by atoms with E-state index >= 15 is 0 Å². The van der Waals surface area contributed by atoms with E-state index in [0.717, 1.165) is 18.4 Å². The van der Waals surface area contributed by atoms with E-state index < -0.39 is 0 Å². The first kappa shape index (κ1) is 15.2. The Balaban J connectivity index is 2.42. The third-order valence-electron chi connectivity index (χ3n) is 3.58. The van der Waals surface area contributed by atoms with Gasteiger partial charge in [0, 0.05) is 13.2 Å². The molecule has 1 unspecified atom stereocenters. The quantitative estimate of drug-likeness (QED) is 0.304. The summed E-state index contributed by atoms with van der Waals surface area (Å²) in [5.41, 5.74) is 1.16. The van der Waals surface area contributed by atoms with Crippen molar-refractivity contribution in [1.82, 2.24) is 0 Å². The lowest BCUT2D eigenvalue weighted by atomic mass is 9.59. The number of carbonyl (C=O) groups excluding carboxylic acids is 1. The zero-order valence-corrected chi connectivity index (χ0v) is 11.8. The molecular formula is C14H24O4. The zero-order chi connectivity index (χ0) is 13.6. The van der Waals surface area contributed by atoms with Crippen LogP contribution in [0, 0.1) is 11.3 Å². The Labute approximate surface area is 109 Å². The van der Waals surface area contributed by atoms with Gasteiger partial charge < -0.3 is 14.2 Å². The smallest absolute Gasteiger partial charge is 0.330 e. The molecule has 104 valence electrons. The summed E-state index contributed by atoms with van der Waals surface area (Å²) in [5, 5.41) is 0. The molecule has 1 aliphatic carbocycles. The normalized spacial score (nSPS) is 23.8.